The molecule has 1 aromatic heterocycles. The second kappa shape index (κ2) is 8.66. The lowest BCUT2D eigenvalue weighted by Crippen LogP contribution is -2.28. The monoisotopic (exact) mass is 411 g/mol. The Hall–Kier alpha value is -2.86. The highest BCUT2D eigenvalue weighted by Crippen LogP contribution is 2.20. The van der Waals surface area contributed by atoms with E-state index >= 15 is 0 Å². The first-order chi connectivity index (χ1) is 14.1. The average molecular weight is 412 g/mol. The molecule has 150 valence electrons. The van der Waals surface area contributed by atoms with Gasteiger partial charge in [0.15, 0.2) is 6.61 Å². The Morgan fingerprint density at radius 2 is 2.03 bits per heavy atom. The number of nitrogens with zero attached hydrogens (tertiary/aromatic N) is 2. The first-order valence-corrected chi connectivity index (χ1v) is 10.2. The third-order valence-corrected chi connectivity index (χ3v) is 5.46. The highest BCUT2D eigenvalue weighted by molar-refractivity contribution is 6.31. The zero-order chi connectivity index (χ0) is 20.2. The largest absolute Gasteiger partial charge is 0.484 e. The molecule has 0 unspecified atom stereocenters. The first kappa shape index (κ1) is 19.5. The molecule has 0 spiro atoms. The van der Waals surface area contributed by atoms with Crippen molar-refractivity contribution in [2.75, 3.05) is 6.61 Å². The Morgan fingerprint density at radius 1 is 1.17 bits per heavy atom. The van der Waals surface area contributed by atoms with E-state index in [0.717, 1.165) is 37.1 Å². The van der Waals surface area contributed by atoms with Gasteiger partial charge in [-0.1, -0.05) is 36.2 Å². The third-order valence-electron chi connectivity index (χ3n) is 5.09. The number of carbonyl (C=O) groups excluding carboxylic acids is 1. The molecule has 2 heterocycles. The lowest BCUT2D eigenvalue weighted by molar-refractivity contribution is -0.123. The van der Waals surface area contributed by atoms with Gasteiger partial charge in [-0.2, -0.15) is 0 Å². The maximum atomic E-state index is 12.9. The van der Waals surface area contributed by atoms with Gasteiger partial charge in [0.2, 0.25) is 0 Å². The number of hydrogen-bond donors (Lipinski definition) is 1. The molecule has 1 aliphatic rings. The number of hydrogen-bond acceptors (Lipinski definition) is 4. The van der Waals surface area contributed by atoms with Crippen LogP contribution < -0.4 is 15.6 Å². The number of aryl methyl sites for hydroxylation is 1. The van der Waals surface area contributed by atoms with Crippen LogP contribution in [0.25, 0.3) is 10.9 Å². The third kappa shape index (κ3) is 4.43. The molecule has 0 aliphatic carbocycles. The fourth-order valence-electron chi connectivity index (χ4n) is 3.52. The van der Waals surface area contributed by atoms with Crippen LogP contribution in [0.15, 0.2) is 47.3 Å². The van der Waals surface area contributed by atoms with Crippen LogP contribution in [-0.4, -0.2) is 22.1 Å². The fourth-order valence-corrected chi connectivity index (χ4v) is 3.73. The van der Waals surface area contributed by atoms with Crippen LogP contribution in [0.3, 0.4) is 0 Å². The number of benzene rings is 2. The summed E-state index contributed by atoms with van der Waals surface area (Å²) in [6, 6.07) is 12.5. The molecule has 0 saturated carbocycles. The van der Waals surface area contributed by atoms with E-state index in [1.807, 2.05) is 18.2 Å². The summed E-state index contributed by atoms with van der Waals surface area (Å²) in [5, 5.41) is 3.90. The number of amides is 1. The van der Waals surface area contributed by atoms with Crippen molar-refractivity contribution in [2.45, 2.75) is 38.8 Å². The van der Waals surface area contributed by atoms with Crippen LogP contribution in [0.1, 0.15) is 30.7 Å². The van der Waals surface area contributed by atoms with Crippen molar-refractivity contribution < 1.29 is 9.53 Å². The van der Waals surface area contributed by atoms with E-state index in [9.17, 15) is 9.59 Å². The van der Waals surface area contributed by atoms with Gasteiger partial charge in [0, 0.05) is 24.5 Å². The Morgan fingerprint density at radius 3 is 2.90 bits per heavy atom. The maximum Gasteiger partial charge on any atom is 0.261 e. The number of carbonyl (C=O) groups is 1. The van der Waals surface area contributed by atoms with Crippen molar-refractivity contribution in [1.29, 1.82) is 0 Å². The Labute approximate surface area is 173 Å². The van der Waals surface area contributed by atoms with E-state index in [1.165, 1.54) is 0 Å². The molecule has 2 aromatic carbocycles. The minimum Gasteiger partial charge on any atom is -0.484 e. The molecule has 1 N–H and O–H groups in total. The topological polar surface area (TPSA) is 73.2 Å². The lowest BCUT2D eigenvalue weighted by atomic mass is 10.2. The molecule has 0 bridgehead atoms. The van der Waals surface area contributed by atoms with Crippen LogP contribution >= 0.6 is 11.6 Å². The average Bonchev–Trinajstić information content (AvgIpc) is 2.98. The summed E-state index contributed by atoms with van der Waals surface area (Å²) in [6.07, 6.45) is 3.98. The molecule has 4 rings (SSSR count). The van der Waals surface area contributed by atoms with Crippen molar-refractivity contribution in [3.8, 4) is 5.75 Å². The van der Waals surface area contributed by atoms with E-state index in [0.29, 0.717) is 34.8 Å². The van der Waals surface area contributed by atoms with Gasteiger partial charge < -0.3 is 10.1 Å². The number of rotatable bonds is 5. The molecule has 0 fully saturated rings. The summed E-state index contributed by atoms with van der Waals surface area (Å²) in [7, 11) is 0. The highest BCUT2D eigenvalue weighted by Gasteiger charge is 2.14. The minimum absolute atomic E-state index is 0.0412. The van der Waals surface area contributed by atoms with Gasteiger partial charge in [-0.05, 0) is 42.7 Å². The zero-order valence-electron chi connectivity index (χ0n) is 16.0. The molecule has 3 aromatic rings. The maximum absolute atomic E-state index is 12.9. The minimum atomic E-state index is -0.262. The number of nitrogens with one attached hydrogen (secondary N) is 1. The summed E-state index contributed by atoms with van der Waals surface area (Å²) >= 11 is 6.09. The van der Waals surface area contributed by atoms with Gasteiger partial charge in [-0.3, -0.25) is 14.2 Å². The summed E-state index contributed by atoms with van der Waals surface area (Å²) in [5.41, 5.74) is 1.47. The van der Waals surface area contributed by atoms with E-state index in [-0.39, 0.29) is 18.1 Å². The number of aromatic nitrogens is 2. The van der Waals surface area contributed by atoms with Crippen LogP contribution in [0.5, 0.6) is 5.75 Å². The van der Waals surface area contributed by atoms with Crippen molar-refractivity contribution >= 4 is 28.4 Å². The van der Waals surface area contributed by atoms with Crippen molar-refractivity contribution in [3.63, 3.8) is 0 Å². The second-order valence-corrected chi connectivity index (χ2v) is 7.54. The molecule has 0 radical (unpaired) electrons. The molecule has 0 saturated heterocycles. The molecule has 29 heavy (non-hydrogen) atoms. The van der Waals surface area contributed by atoms with Crippen molar-refractivity contribution in [3.05, 3.63) is 69.2 Å². The Balaban J connectivity index is 1.44. The SMILES string of the molecule is O=C(COc1ccc2nc3n(c(=O)c2c1)CCCCC3)NCc1ccccc1Cl. The van der Waals surface area contributed by atoms with E-state index in [4.69, 9.17) is 16.3 Å². The van der Waals surface area contributed by atoms with Crippen molar-refractivity contribution in [1.82, 2.24) is 14.9 Å². The molecule has 0 atom stereocenters. The zero-order valence-corrected chi connectivity index (χ0v) is 16.7. The lowest BCUT2D eigenvalue weighted by Gasteiger charge is -2.12. The number of ether oxygens (including phenoxy) is 1. The summed E-state index contributed by atoms with van der Waals surface area (Å²) < 4.78 is 7.37. The first-order valence-electron chi connectivity index (χ1n) is 9.78. The van der Waals surface area contributed by atoms with Crippen LogP contribution in [0, 0.1) is 0 Å². The molecule has 1 amide bonds. The smallest absolute Gasteiger partial charge is 0.261 e. The standard InChI is InChI=1S/C22H22ClN3O3/c23-18-7-4-3-6-15(18)13-24-21(27)14-29-16-9-10-19-17(12-16)22(28)26-11-5-1-2-8-20(26)25-19/h3-4,6-7,9-10,12H,1-2,5,8,11,13-14H2,(H,24,27). The van der Waals surface area contributed by atoms with Gasteiger partial charge in [0.1, 0.15) is 11.6 Å². The Kier molecular flexibility index (Phi) is 5.81. The van der Waals surface area contributed by atoms with E-state index in [1.54, 1.807) is 28.8 Å². The highest BCUT2D eigenvalue weighted by atomic mass is 35.5. The molecule has 6 nitrogen and oxygen atoms in total. The predicted octanol–water partition coefficient (Wildman–Crippen LogP) is 3.47. The Bertz CT molecular complexity index is 1110. The van der Waals surface area contributed by atoms with Gasteiger partial charge >= 0.3 is 0 Å². The van der Waals surface area contributed by atoms with Crippen LogP contribution in [0.2, 0.25) is 5.02 Å². The second-order valence-electron chi connectivity index (χ2n) is 7.13. The fraction of sp³-hybridized carbons (Fsp3) is 0.318. The van der Waals surface area contributed by atoms with E-state index in [2.05, 4.69) is 10.3 Å². The number of fused-ring (bicyclic) bond motifs is 2. The molecule has 1 aliphatic heterocycles. The molecular formula is C22H22ClN3O3. The van der Waals surface area contributed by atoms with Gasteiger partial charge in [0.05, 0.1) is 10.9 Å². The van der Waals surface area contributed by atoms with Crippen LogP contribution in [0.4, 0.5) is 0 Å². The van der Waals surface area contributed by atoms with E-state index < -0.39 is 0 Å². The normalized spacial score (nSPS) is 13.6. The summed E-state index contributed by atoms with van der Waals surface area (Å²) in [4.78, 5) is 29.6. The molecular weight excluding hydrogens is 390 g/mol. The predicted molar refractivity (Wildman–Crippen MR) is 112 cm³/mol. The van der Waals surface area contributed by atoms with Gasteiger partial charge in [-0.15, -0.1) is 0 Å². The van der Waals surface area contributed by atoms with Crippen LogP contribution in [-0.2, 0) is 24.3 Å². The summed E-state index contributed by atoms with van der Waals surface area (Å²) in [5.74, 6) is 1.06. The molecule has 7 heteroatoms. The van der Waals surface area contributed by atoms with Crippen molar-refractivity contribution in [2.24, 2.45) is 0 Å². The summed E-state index contributed by atoms with van der Waals surface area (Å²) in [6.45, 7) is 0.888. The quantitative estimate of drug-likeness (QED) is 0.697. The van der Waals surface area contributed by atoms with Gasteiger partial charge in [0.25, 0.3) is 11.5 Å². The van der Waals surface area contributed by atoms with Gasteiger partial charge in [-0.25, -0.2) is 4.98 Å². The number of halogens is 1.